The molecular formula is C24H36O7. The molecule has 0 bridgehead atoms. The number of rotatable bonds is 3. The van der Waals surface area contributed by atoms with E-state index in [-0.39, 0.29) is 28.6 Å². The van der Waals surface area contributed by atoms with Gasteiger partial charge in [0.05, 0.1) is 0 Å². The number of esters is 3. The summed E-state index contributed by atoms with van der Waals surface area (Å²) in [7, 11) is 0. The lowest BCUT2D eigenvalue weighted by Gasteiger charge is -2.60. The molecule has 2 aliphatic carbocycles. The summed E-state index contributed by atoms with van der Waals surface area (Å²) in [5.41, 5.74) is -0.439. The first-order valence-corrected chi connectivity index (χ1v) is 11.6. The maximum Gasteiger partial charge on any atom is 0.350 e. The predicted molar refractivity (Wildman–Crippen MR) is 110 cm³/mol. The van der Waals surface area contributed by atoms with Crippen molar-refractivity contribution in [1.82, 2.24) is 0 Å². The zero-order valence-electron chi connectivity index (χ0n) is 19.6. The van der Waals surface area contributed by atoms with Gasteiger partial charge >= 0.3 is 17.9 Å². The molecule has 31 heavy (non-hydrogen) atoms. The van der Waals surface area contributed by atoms with E-state index in [0.29, 0.717) is 0 Å². The second kappa shape index (κ2) is 7.46. The van der Waals surface area contributed by atoms with Crippen LogP contribution >= 0.6 is 0 Å². The summed E-state index contributed by atoms with van der Waals surface area (Å²) in [5.74, 6) is -1.61. The molecule has 2 aliphatic heterocycles. The molecule has 4 fully saturated rings. The summed E-state index contributed by atoms with van der Waals surface area (Å²) in [6.45, 7) is 11.7. The van der Waals surface area contributed by atoms with Gasteiger partial charge in [0, 0.05) is 31.1 Å². The topological polar surface area (TPSA) is 88.1 Å². The molecule has 2 saturated heterocycles. The Hall–Kier alpha value is -1.63. The molecule has 0 aromatic heterocycles. The largest absolute Gasteiger partial charge is 0.450 e. The third-order valence-electron chi connectivity index (χ3n) is 8.53. The number of ether oxygens (including phenoxy) is 4. The van der Waals surface area contributed by atoms with Crippen molar-refractivity contribution in [2.24, 2.45) is 34.0 Å². The van der Waals surface area contributed by atoms with Crippen molar-refractivity contribution in [3.63, 3.8) is 0 Å². The maximum absolute atomic E-state index is 13.1. The third kappa shape index (κ3) is 3.66. The quantitative estimate of drug-likeness (QED) is 0.488. The summed E-state index contributed by atoms with van der Waals surface area (Å²) in [6.07, 6.45) is 3.63. The number of carbonyl (C=O) groups excluding carboxylic acids is 3. The summed E-state index contributed by atoms with van der Waals surface area (Å²) >= 11 is 0. The van der Waals surface area contributed by atoms with Gasteiger partial charge in [-0.3, -0.25) is 9.59 Å². The van der Waals surface area contributed by atoms with Crippen molar-refractivity contribution < 1.29 is 33.3 Å². The van der Waals surface area contributed by atoms with Crippen LogP contribution in [0.5, 0.6) is 0 Å². The molecule has 8 atom stereocenters. The van der Waals surface area contributed by atoms with Crippen LogP contribution in [0.3, 0.4) is 0 Å². The van der Waals surface area contributed by atoms with Crippen LogP contribution in [0.25, 0.3) is 0 Å². The van der Waals surface area contributed by atoms with E-state index in [9.17, 15) is 14.4 Å². The molecule has 4 aliphatic rings. The van der Waals surface area contributed by atoms with E-state index in [1.54, 1.807) is 0 Å². The number of hydrogen-bond acceptors (Lipinski definition) is 7. The van der Waals surface area contributed by atoms with Gasteiger partial charge in [-0.1, -0.05) is 34.1 Å². The molecule has 2 heterocycles. The van der Waals surface area contributed by atoms with Crippen LogP contribution in [0.4, 0.5) is 0 Å². The molecule has 7 nitrogen and oxygen atoms in total. The highest BCUT2D eigenvalue weighted by Crippen LogP contribution is 2.66. The molecule has 2 saturated carbocycles. The molecule has 7 heteroatoms. The molecule has 0 aromatic rings. The summed E-state index contributed by atoms with van der Waals surface area (Å²) in [4.78, 5) is 36.8. The van der Waals surface area contributed by atoms with Gasteiger partial charge in [0.25, 0.3) is 0 Å². The molecule has 4 rings (SSSR count). The van der Waals surface area contributed by atoms with Crippen molar-refractivity contribution in [3.8, 4) is 0 Å². The lowest BCUT2D eigenvalue weighted by molar-refractivity contribution is -0.261. The van der Waals surface area contributed by atoms with E-state index in [1.165, 1.54) is 20.3 Å². The third-order valence-corrected chi connectivity index (χ3v) is 8.53. The number of carbonyl (C=O) groups is 3. The highest BCUT2D eigenvalue weighted by Gasteiger charge is 2.70. The summed E-state index contributed by atoms with van der Waals surface area (Å²) in [6, 6.07) is 0. The van der Waals surface area contributed by atoms with Gasteiger partial charge in [0.2, 0.25) is 18.7 Å². The fourth-order valence-electron chi connectivity index (χ4n) is 7.81. The van der Waals surface area contributed by atoms with E-state index >= 15 is 0 Å². The van der Waals surface area contributed by atoms with Crippen LogP contribution in [0.15, 0.2) is 0 Å². The normalized spacial score (nSPS) is 45.9. The van der Waals surface area contributed by atoms with Crippen LogP contribution in [0.1, 0.15) is 80.1 Å². The average Bonchev–Trinajstić information content (AvgIpc) is 2.95. The van der Waals surface area contributed by atoms with Crippen molar-refractivity contribution in [3.05, 3.63) is 0 Å². The Bertz CT molecular complexity index is 776. The Morgan fingerprint density at radius 1 is 1.00 bits per heavy atom. The molecule has 0 spiro atoms. The molecule has 8 unspecified atom stereocenters. The molecule has 174 valence electrons. The Kier molecular flexibility index (Phi) is 5.43. The van der Waals surface area contributed by atoms with Gasteiger partial charge in [-0.2, -0.15) is 0 Å². The average molecular weight is 437 g/mol. The molecular weight excluding hydrogens is 400 g/mol. The SMILES string of the molecule is CC(=O)OC1OC2OC(=O)C(OC(C)=O)C3(C)C2C1CCC3C1(C)CCCC(C)(C)C1. The van der Waals surface area contributed by atoms with Crippen molar-refractivity contribution in [2.45, 2.75) is 98.8 Å². The zero-order chi connectivity index (χ0) is 22.8. The molecule has 0 radical (unpaired) electrons. The van der Waals surface area contributed by atoms with Gasteiger partial charge in [-0.05, 0) is 48.9 Å². The van der Waals surface area contributed by atoms with Crippen LogP contribution in [0.2, 0.25) is 0 Å². The standard InChI is InChI=1S/C24H36O7/c1-13(25)28-18-19(27)30-21-17-15(20(31-21)29-14(2)26)8-9-16(24(17,18)6)23(5)11-7-10-22(3,4)12-23/h15-18,20-21H,7-12H2,1-6H3. The highest BCUT2D eigenvalue weighted by atomic mass is 16.8. The van der Waals surface area contributed by atoms with E-state index < -0.39 is 42.0 Å². The Morgan fingerprint density at radius 2 is 1.68 bits per heavy atom. The molecule has 0 N–H and O–H groups in total. The molecule has 0 amide bonds. The fourth-order valence-corrected chi connectivity index (χ4v) is 7.81. The minimum Gasteiger partial charge on any atom is -0.450 e. The second-order valence-electron chi connectivity index (χ2n) is 11.4. The Morgan fingerprint density at radius 3 is 2.29 bits per heavy atom. The van der Waals surface area contributed by atoms with E-state index in [4.69, 9.17) is 18.9 Å². The molecule has 0 aromatic carbocycles. The number of hydrogen-bond donors (Lipinski definition) is 0. The highest BCUT2D eigenvalue weighted by molar-refractivity contribution is 5.80. The first-order valence-electron chi connectivity index (χ1n) is 11.6. The second-order valence-corrected chi connectivity index (χ2v) is 11.4. The maximum atomic E-state index is 13.1. The van der Waals surface area contributed by atoms with E-state index in [0.717, 1.165) is 32.1 Å². The lowest BCUT2D eigenvalue weighted by Crippen LogP contribution is -2.64. The monoisotopic (exact) mass is 436 g/mol. The Labute approximate surface area is 184 Å². The first kappa shape index (κ1) is 22.6. The van der Waals surface area contributed by atoms with Crippen LogP contribution in [-0.2, 0) is 33.3 Å². The summed E-state index contributed by atoms with van der Waals surface area (Å²) in [5, 5.41) is 0. The predicted octanol–water partition coefficient (Wildman–Crippen LogP) is 3.98. The van der Waals surface area contributed by atoms with Crippen LogP contribution in [-0.4, -0.2) is 36.6 Å². The van der Waals surface area contributed by atoms with Crippen LogP contribution < -0.4 is 0 Å². The smallest absolute Gasteiger partial charge is 0.350 e. The first-order chi connectivity index (χ1) is 14.4. The van der Waals surface area contributed by atoms with E-state index in [1.807, 2.05) is 0 Å². The Balaban J connectivity index is 1.77. The van der Waals surface area contributed by atoms with Gasteiger partial charge in [-0.25, -0.2) is 4.79 Å². The lowest BCUT2D eigenvalue weighted by atomic mass is 9.45. The van der Waals surface area contributed by atoms with Crippen molar-refractivity contribution >= 4 is 17.9 Å². The van der Waals surface area contributed by atoms with Gasteiger partial charge in [0.1, 0.15) is 0 Å². The summed E-state index contributed by atoms with van der Waals surface area (Å²) < 4.78 is 22.7. The van der Waals surface area contributed by atoms with Gasteiger partial charge in [0.15, 0.2) is 0 Å². The zero-order valence-corrected chi connectivity index (χ0v) is 19.6. The van der Waals surface area contributed by atoms with Gasteiger partial charge in [-0.15, -0.1) is 0 Å². The minimum absolute atomic E-state index is 0.00155. The van der Waals surface area contributed by atoms with Crippen LogP contribution in [0, 0.1) is 34.0 Å². The van der Waals surface area contributed by atoms with Gasteiger partial charge < -0.3 is 18.9 Å². The minimum atomic E-state index is -0.986. The van der Waals surface area contributed by atoms with Crippen molar-refractivity contribution in [1.29, 1.82) is 0 Å². The van der Waals surface area contributed by atoms with Crippen molar-refractivity contribution in [2.75, 3.05) is 0 Å². The fraction of sp³-hybridized carbons (Fsp3) is 0.875. The van der Waals surface area contributed by atoms with E-state index in [2.05, 4.69) is 27.7 Å².